The molecule has 0 aliphatic rings. The molecule has 0 radical (unpaired) electrons. The molecule has 0 saturated heterocycles. The number of rotatable bonds is 9. The van der Waals surface area contributed by atoms with E-state index in [-0.39, 0.29) is 6.29 Å². The molecule has 0 heterocycles. The third-order valence-corrected chi connectivity index (χ3v) is 1.62. The maximum atomic E-state index is 5.53. The van der Waals surface area contributed by atoms with Crippen molar-refractivity contribution < 1.29 is 9.47 Å². The Balaban J connectivity index is 3.70. The van der Waals surface area contributed by atoms with Gasteiger partial charge in [0.2, 0.25) is 0 Å². The second-order valence-electron chi connectivity index (χ2n) is 3.07. The Hall–Kier alpha value is -0.600. The van der Waals surface area contributed by atoms with Crippen LogP contribution in [0.5, 0.6) is 0 Å². The molecule has 0 unspecified atom stereocenters. The van der Waals surface area contributed by atoms with Gasteiger partial charge in [0.05, 0.1) is 0 Å². The Kier molecular flexibility index (Phi) is 10.0. The van der Waals surface area contributed by atoms with Crippen molar-refractivity contribution >= 4 is 0 Å². The van der Waals surface area contributed by atoms with Gasteiger partial charge < -0.3 is 9.47 Å². The minimum Gasteiger partial charge on any atom is -0.352 e. The van der Waals surface area contributed by atoms with Gasteiger partial charge >= 0.3 is 0 Å². The SMILES string of the molecule is C=CC=CCC(OCCC)OCCC. The molecule has 0 amide bonds. The molecule has 0 aliphatic heterocycles. The summed E-state index contributed by atoms with van der Waals surface area (Å²) in [6.07, 6.45) is 8.45. The summed E-state index contributed by atoms with van der Waals surface area (Å²) in [7, 11) is 0. The number of hydrogen-bond donors (Lipinski definition) is 0. The molecule has 0 aromatic carbocycles. The molecule has 0 atom stereocenters. The Labute approximate surface area is 87.6 Å². The van der Waals surface area contributed by atoms with Gasteiger partial charge in [-0.05, 0) is 12.8 Å². The minimum atomic E-state index is -0.0916. The van der Waals surface area contributed by atoms with Gasteiger partial charge in [-0.25, -0.2) is 0 Å². The summed E-state index contributed by atoms with van der Waals surface area (Å²) in [6, 6.07) is 0. The Bertz CT molecular complexity index is 144. The van der Waals surface area contributed by atoms with Gasteiger partial charge in [-0.15, -0.1) is 0 Å². The van der Waals surface area contributed by atoms with Crippen molar-refractivity contribution in [2.24, 2.45) is 0 Å². The van der Waals surface area contributed by atoms with E-state index in [1.54, 1.807) is 6.08 Å². The zero-order valence-corrected chi connectivity index (χ0v) is 9.37. The van der Waals surface area contributed by atoms with Crippen molar-refractivity contribution in [2.75, 3.05) is 13.2 Å². The second-order valence-corrected chi connectivity index (χ2v) is 3.07. The average molecular weight is 198 g/mol. The molecule has 0 saturated carbocycles. The van der Waals surface area contributed by atoms with Crippen molar-refractivity contribution in [1.29, 1.82) is 0 Å². The van der Waals surface area contributed by atoms with Crippen LogP contribution in [0.3, 0.4) is 0 Å². The van der Waals surface area contributed by atoms with E-state index in [9.17, 15) is 0 Å². The first-order chi connectivity index (χ1) is 6.85. The van der Waals surface area contributed by atoms with E-state index in [1.165, 1.54) is 0 Å². The molecule has 0 bridgehead atoms. The van der Waals surface area contributed by atoms with E-state index in [2.05, 4.69) is 20.4 Å². The zero-order chi connectivity index (χ0) is 10.6. The van der Waals surface area contributed by atoms with E-state index < -0.39 is 0 Å². The molecular weight excluding hydrogens is 176 g/mol. The molecule has 0 aliphatic carbocycles. The number of ether oxygens (including phenoxy) is 2. The van der Waals surface area contributed by atoms with E-state index in [4.69, 9.17) is 9.47 Å². The zero-order valence-electron chi connectivity index (χ0n) is 9.37. The van der Waals surface area contributed by atoms with E-state index in [0.717, 1.165) is 32.5 Å². The highest BCUT2D eigenvalue weighted by Gasteiger charge is 2.05. The fourth-order valence-corrected chi connectivity index (χ4v) is 0.969. The summed E-state index contributed by atoms with van der Waals surface area (Å²) in [4.78, 5) is 0. The third kappa shape index (κ3) is 8.02. The standard InChI is InChI=1S/C12H22O2/c1-4-7-8-9-12(13-10-5-2)14-11-6-3/h4,7-8,12H,1,5-6,9-11H2,2-3H3. The van der Waals surface area contributed by atoms with E-state index in [0.29, 0.717) is 0 Å². The van der Waals surface area contributed by atoms with Gasteiger partial charge in [0.1, 0.15) is 0 Å². The Morgan fingerprint density at radius 1 is 1.14 bits per heavy atom. The molecule has 0 rings (SSSR count). The van der Waals surface area contributed by atoms with Crippen LogP contribution in [-0.2, 0) is 9.47 Å². The van der Waals surface area contributed by atoms with Crippen molar-refractivity contribution in [3.05, 3.63) is 24.8 Å². The molecule has 2 heteroatoms. The lowest BCUT2D eigenvalue weighted by atomic mass is 10.3. The van der Waals surface area contributed by atoms with Crippen LogP contribution in [0.2, 0.25) is 0 Å². The Morgan fingerprint density at radius 3 is 2.14 bits per heavy atom. The van der Waals surface area contributed by atoms with Crippen molar-refractivity contribution in [2.45, 2.75) is 39.4 Å². The highest BCUT2D eigenvalue weighted by molar-refractivity contribution is 4.97. The highest BCUT2D eigenvalue weighted by atomic mass is 16.7. The van der Waals surface area contributed by atoms with Crippen molar-refractivity contribution in [1.82, 2.24) is 0 Å². The molecule has 0 fully saturated rings. The normalized spacial score (nSPS) is 11.4. The fourth-order valence-electron chi connectivity index (χ4n) is 0.969. The van der Waals surface area contributed by atoms with Crippen LogP contribution >= 0.6 is 0 Å². The van der Waals surface area contributed by atoms with Gasteiger partial charge in [0.15, 0.2) is 6.29 Å². The summed E-state index contributed by atoms with van der Waals surface area (Å²) in [5.74, 6) is 0. The molecular formula is C12H22O2. The third-order valence-electron chi connectivity index (χ3n) is 1.62. The van der Waals surface area contributed by atoms with Crippen molar-refractivity contribution in [3.63, 3.8) is 0 Å². The van der Waals surface area contributed by atoms with Gasteiger partial charge in [-0.1, -0.05) is 38.7 Å². The quantitative estimate of drug-likeness (QED) is 0.418. The highest BCUT2D eigenvalue weighted by Crippen LogP contribution is 2.04. The van der Waals surface area contributed by atoms with E-state index >= 15 is 0 Å². The van der Waals surface area contributed by atoms with Gasteiger partial charge in [0.25, 0.3) is 0 Å². The largest absolute Gasteiger partial charge is 0.352 e. The summed E-state index contributed by atoms with van der Waals surface area (Å²) in [6.45, 7) is 9.32. The first-order valence-corrected chi connectivity index (χ1v) is 5.35. The summed E-state index contributed by atoms with van der Waals surface area (Å²) in [5, 5.41) is 0. The minimum absolute atomic E-state index is 0.0916. The lowest BCUT2D eigenvalue weighted by Crippen LogP contribution is -2.17. The number of hydrogen-bond acceptors (Lipinski definition) is 2. The van der Waals surface area contributed by atoms with Crippen LogP contribution in [0.15, 0.2) is 24.8 Å². The summed E-state index contributed by atoms with van der Waals surface area (Å²) in [5.41, 5.74) is 0. The van der Waals surface area contributed by atoms with Crippen LogP contribution in [0.4, 0.5) is 0 Å². The molecule has 0 N–H and O–H groups in total. The maximum Gasteiger partial charge on any atom is 0.160 e. The van der Waals surface area contributed by atoms with Crippen LogP contribution in [0, 0.1) is 0 Å². The van der Waals surface area contributed by atoms with Gasteiger partial charge in [0, 0.05) is 19.6 Å². The smallest absolute Gasteiger partial charge is 0.160 e. The summed E-state index contributed by atoms with van der Waals surface area (Å²) < 4.78 is 11.1. The van der Waals surface area contributed by atoms with Gasteiger partial charge in [-0.3, -0.25) is 0 Å². The topological polar surface area (TPSA) is 18.5 Å². The number of allylic oxidation sites excluding steroid dienone is 2. The predicted octanol–water partition coefficient (Wildman–Crippen LogP) is 3.30. The monoisotopic (exact) mass is 198 g/mol. The molecule has 0 aromatic heterocycles. The molecule has 0 aromatic rings. The van der Waals surface area contributed by atoms with Crippen LogP contribution in [-0.4, -0.2) is 19.5 Å². The fraction of sp³-hybridized carbons (Fsp3) is 0.667. The maximum absolute atomic E-state index is 5.53. The molecule has 14 heavy (non-hydrogen) atoms. The van der Waals surface area contributed by atoms with Gasteiger partial charge in [-0.2, -0.15) is 0 Å². The second kappa shape index (κ2) is 10.5. The molecule has 0 spiro atoms. The summed E-state index contributed by atoms with van der Waals surface area (Å²) >= 11 is 0. The van der Waals surface area contributed by atoms with Crippen LogP contribution in [0.1, 0.15) is 33.1 Å². The first kappa shape index (κ1) is 13.4. The lowest BCUT2D eigenvalue weighted by Gasteiger charge is -2.16. The van der Waals surface area contributed by atoms with Crippen molar-refractivity contribution in [3.8, 4) is 0 Å². The van der Waals surface area contributed by atoms with E-state index in [1.807, 2.05) is 12.2 Å². The predicted molar refractivity (Wildman–Crippen MR) is 60.2 cm³/mol. The Morgan fingerprint density at radius 2 is 1.71 bits per heavy atom. The first-order valence-electron chi connectivity index (χ1n) is 5.35. The molecule has 82 valence electrons. The lowest BCUT2D eigenvalue weighted by molar-refractivity contribution is -0.139. The molecule has 2 nitrogen and oxygen atoms in total. The average Bonchev–Trinajstić information content (AvgIpc) is 2.21. The van der Waals surface area contributed by atoms with Crippen LogP contribution in [0.25, 0.3) is 0 Å². The van der Waals surface area contributed by atoms with Crippen LogP contribution < -0.4 is 0 Å².